The van der Waals surface area contributed by atoms with E-state index in [1.165, 1.54) is 0 Å². The Kier molecular flexibility index (Phi) is 5.03. The number of rotatable bonds is 7. The minimum Gasteiger partial charge on any atom is -0.480 e. The fraction of sp³-hybridized carbons (Fsp3) is 0.500. The van der Waals surface area contributed by atoms with Crippen LogP contribution in [0.5, 0.6) is 0 Å². The van der Waals surface area contributed by atoms with Gasteiger partial charge >= 0.3 is 5.97 Å². The van der Waals surface area contributed by atoms with Crippen molar-refractivity contribution in [3.05, 3.63) is 24.3 Å². The maximum absolute atomic E-state index is 12.4. The molecule has 25 heavy (non-hydrogen) atoms. The summed E-state index contributed by atoms with van der Waals surface area (Å²) < 4.78 is 0. The van der Waals surface area contributed by atoms with Gasteiger partial charge < -0.3 is 15.3 Å². The fourth-order valence-corrected chi connectivity index (χ4v) is 3.17. The van der Waals surface area contributed by atoms with Crippen molar-refractivity contribution >= 4 is 29.2 Å². The molecule has 2 fully saturated rings. The van der Waals surface area contributed by atoms with E-state index >= 15 is 0 Å². The van der Waals surface area contributed by atoms with Crippen molar-refractivity contribution in [2.75, 3.05) is 23.3 Å². The van der Waals surface area contributed by atoms with Crippen LogP contribution in [0.25, 0.3) is 0 Å². The number of carboxylic acid groups (broad SMARTS) is 1. The number of hydrogen-bond donors (Lipinski definition) is 2. The van der Waals surface area contributed by atoms with Crippen LogP contribution in [0.15, 0.2) is 24.3 Å². The first-order valence-electron chi connectivity index (χ1n) is 8.64. The first-order chi connectivity index (χ1) is 12.0. The molecule has 2 N–H and O–H groups in total. The van der Waals surface area contributed by atoms with Gasteiger partial charge in [0.2, 0.25) is 11.8 Å². The number of anilines is 2. The van der Waals surface area contributed by atoms with E-state index in [1.807, 2.05) is 6.07 Å². The number of hydrogen-bond acceptors (Lipinski definition) is 4. The molecule has 1 aromatic rings. The Labute approximate surface area is 146 Å². The quantitative estimate of drug-likeness (QED) is 0.785. The second-order valence-corrected chi connectivity index (χ2v) is 6.67. The molecule has 7 heteroatoms. The first kappa shape index (κ1) is 17.4. The van der Waals surface area contributed by atoms with Crippen molar-refractivity contribution in [1.29, 1.82) is 0 Å². The molecule has 1 heterocycles. The Bertz CT molecular complexity index is 687. The molecule has 134 valence electrons. The summed E-state index contributed by atoms with van der Waals surface area (Å²) in [5.74, 6) is -1.07. The summed E-state index contributed by atoms with van der Waals surface area (Å²) in [7, 11) is 0. The standard InChI is InChI=1S/C18H23N3O4/c1-12(18(24)25)21(14-7-8-14)11-16(22)19-13-4-2-5-15(10-13)20-9-3-6-17(20)23/h2,4-5,10,12,14H,3,6-9,11H2,1H3,(H,19,22)(H,24,25). The highest BCUT2D eigenvalue weighted by Gasteiger charge is 2.36. The lowest BCUT2D eigenvalue weighted by atomic mass is 10.2. The van der Waals surface area contributed by atoms with Crippen molar-refractivity contribution < 1.29 is 19.5 Å². The summed E-state index contributed by atoms with van der Waals surface area (Å²) in [4.78, 5) is 38.9. The largest absolute Gasteiger partial charge is 0.480 e. The smallest absolute Gasteiger partial charge is 0.320 e. The molecule has 1 saturated carbocycles. The molecule has 1 unspecified atom stereocenters. The predicted molar refractivity (Wildman–Crippen MR) is 93.5 cm³/mol. The zero-order valence-electron chi connectivity index (χ0n) is 14.3. The van der Waals surface area contributed by atoms with Gasteiger partial charge in [-0.15, -0.1) is 0 Å². The second kappa shape index (κ2) is 7.23. The van der Waals surface area contributed by atoms with Gasteiger partial charge in [0.15, 0.2) is 0 Å². The first-order valence-corrected chi connectivity index (χ1v) is 8.64. The molecule has 0 bridgehead atoms. The van der Waals surface area contributed by atoms with E-state index in [0.29, 0.717) is 18.7 Å². The maximum atomic E-state index is 12.4. The Balaban J connectivity index is 1.64. The molecule has 3 rings (SSSR count). The molecule has 0 aromatic heterocycles. The van der Waals surface area contributed by atoms with Crippen LogP contribution in [-0.2, 0) is 14.4 Å². The van der Waals surface area contributed by atoms with E-state index in [1.54, 1.807) is 34.9 Å². The molecular formula is C18H23N3O4. The molecule has 1 aliphatic heterocycles. The molecule has 2 amide bonds. The summed E-state index contributed by atoms with van der Waals surface area (Å²) in [6, 6.07) is 6.68. The van der Waals surface area contributed by atoms with Crippen LogP contribution in [0.4, 0.5) is 11.4 Å². The van der Waals surface area contributed by atoms with E-state index < -0.39 is 12.0 Å². The number of amides is 2. The molecule has 0 spiro atoms. The Morgan fingerprint density at radius 1 is 1.40 bits per heavy atom. The van der Waals surface area contributed by atoms with Gasteiger partial charge in [-0.1, -0.05) is 6.07 Å². The molecule has 7 nitrogen and oxygen atoms in total. The van der Waals surface area contributed by atoms with Crippen molar-refractivity contribution in [2.45, 2.75) is 44.7 Å². The highest BCUT2D eigenvalue weighted by atomic mass is 16.4. The van der Waals surface area contributed by atoms with Crippen molar-refractivity contribution in [3.8, 4) is 0 Å². The minimum atomic E-state index is -0.922. The number of carboxylic acids is 1. The third-order valence-electron chi connectivity index (χ3n) is 4.71. The van der Waals surface area contributed by atoms with E-state index in [2.05, 4.69) is 5.32 Å². The minimum absolute atomic E-state index is 0.0466. The number of nitrogens with one attached hydrogen (secondary N) is 1. The zero-order chi connectivity index (χ0) is 18.0. The molecule has 1 atom stereocenters. The van der Waals surface area contributed by atoms with Crippen LogP contribution >= 0.6 is 0 Å². The number of benzene rings is 1. The molecule has 1 aromatic carbocycles. The summed E-state index contributed by atoms with van der Waals surface area (Å²) in [6.07, 6.45) is 3.26. The van der Waals surface area contributed by atoms with Gasteiger partial charge in [-0.2, -0.15) is 0 Å². The predicted octanol–water partition coefficient (Wildman–Crippen LogP) is 1.69. The van der Waals surface area contributed by atoms with E-state index in [0.717, 1.165) is 24.9 Å². The lowest BCUT2D eigenvalue weighted by molar-refractivity contribution is -0.143. The van der Waals surface area contributed by atoms with Crippen LogP contribution in [0.1, 0.15) is 32.6 Å². The lowest BCUT2D eigenvalue weighted by Crippen LogP contribution is -2.44. The average molecular weight is 345 g/mol. The topological polar surface area (TPSA) is 89.9 Å². The van der Waals surface area contributed by atoms with Crippen LogP contribution in [0.2, 0.25) is 0 Å². The van der Waals surface area contributed by atoms with Crippen molar-refractivity contribution in [2.24, 2.45) is 0 Å². The van der Waals surface area contributed by atoms with Crippen molar-refractivity contribution in [3.63, 3.8) is 0 Å². The SMILES string of the molecule is CC(C(=O)O)N(CC(=O)Nc1cccc(N2CCCC2=O)c1)C1CC1. The Morgan fingerprint density at radius 3 is 2.76 bits per heavy atom. The van der Waals surface area contributed by atoms with Crippen molar-refractivity contribution in [1.82, 2.24) is 4.90 Å². The lowest BCUT2D eigenvalue weighted by Gasteiger charge is -2.25. The fourth-order valence-electron chi connectivity index (χ4n) is 3.17. The van der Waals surface area contributed by atoms with Crippen LogP contribution < -0.4 is 10.2 Å². The van der Waals surface area contributed by atoms with Gasteiger partial charge in [0, 0.05) is 30.4 Å². The average Bonchev–Trinajstić information content (AvgIpc) is 3.33. The van der Waals surface area contributed by atoms with Gasteiger partial charge in [0.05, 0.1) is 6.54 Å². The van der Waals surface area contributed by atoms with E-state index in [4.69, 9.17) is 0 Å². The van der Waals surface area contributed by atoms with Gasteiger partial charge in [0.1, 0.15) is 6.04 Å². The Hall–Kier alpha value is -2.41. The van der Waals surface area contributed by atoms with Gasteiger partial charge in [-0.05, 0) is 44.4 Å². The molecular weight excluding hydrogens is 322 g/mol. The third kappa shape index (κ3) is 4.17. The van der Waals surface area contributed by atoms with E-state index in [9.17, 15) is 19.5 Å². The number of aliphatic carboxylic acids is 1. The molecule has 1 saturated heterocycles. The van der Waals surface area contributed by atoms with Crippen LogP contribution in [0.3, 0.4) is 0 Å². The number of carbonyl (C=O) groups is 3. The molecule has 0 radical (unpaired) electrons. The van der Waals surface area contributed by atoms with Crippen LogP contribution in [0, 0.1) is 0 Å². The molecule has 2 aliphatic rings. The van der Waals surface area contributed by atoms with Gasteiger partial charge in [-0.25, -0.2) is 0 Å². The number of carbonyl (C=O) groups excluding carboxylic acids is 2. The zero-order valence-corrected chi connectivity index (χ0v) is 14.3. The summed E-state index contributed by atoms with van der Waals surface area (Å²) in [5, 5.41) is 12.0. The highest BCUT2D eigenvalue weighted by molar-refractivity contribution is 5.97. The molecule has 1 aliphatic carbocycles. The number of nitrogens with zero attached hydrogens (tertiary/aromatic N) is 2. The monoisotopic (exact) mass is 345 g/mol. The van der Waals surface area contributed by atoms with Gasteiger partial charge in [0.25, 0.3) is 0 Å². The third-order valence-corrected chi connectivity index (χ3v) is 4.71. The maximum Gasteiger partial charge on any atom is 0.320 e. The Morgan fingerprint density at radius 2 is 2.16 bits per heavy atom. The second-order valence-electron chi connectivity index (χ2n) is 6.67. The normalized spacial score (nSPS) is 18.5. The summed E-state index contributed by atoms with van der Waals surface area (Å²) in [5.41, 5.74) is 1.39. The summed E-state index contributed by atoms with van der Waals surface area (Å²) in [6.45, 7) is 2.35. The van der Waals surface area contributed by atoms with E-state index in [-0.39, 0.29) is 24.4 Å². The van der Waals surface area contributed by atoms with Gasteiger partial charge in [-0.3, -0.25) is 19.3 Å². The van der Waals surface area contributed by atoms with Crippen LogP contribution in [-0.4, -0.2) is 53.0 Å². The highest BCUT2D eigenvalue weighted by Crippen LogP contribution is 2.29. The summed E-state index contributed by atoms with van der Waals surface area (Å²) >= 11 is 0.